The van der Waals surface area contributed by atoms with Crippen LogP contribution in [0.25, 0.3) is 0 Å². The second-order valence-electron chi connectivity index (χ2n) is 4.37. The van der Waals surface area contributed by atoms with Gasteiger partial charge in [0.2, 0.25) is 5.91 Å². The van der Waals surface area contributed by atoms with Gasteiger partial charge in [-0.1, -0.05) is 0 Å². The van der Waals surface area contributed by atoms with Crippen molar-refractivity contribution in [2.75, 3.05) is 33.9 Å². The minimum Gasteiger partial charge on any atom is -0.469 e. The molecule has 1 amide bonds. The quantitative estimate of drug-likeness (QED) is 0.660. The third-order valence-electron chi connectivity index (χ3n) is 2.93. The summed E-state index contributed by atoms with van der Waals surface area (Å²) < 4.78 is 9.67. The van der Waals surface area contributed by atoms with E-state index in [1.54, 1.807) is 11.9 Å². The van der Waals surface area contributed by atoms with E-state index in [9.17, 15) is 9.59 Å². The molecule has 1 saturated heterocycles. The minimum atomic E-state index is -0.889. The second-order valence-corrected chi connectivity index (χ2v) is 4.37. The molecule has 1 heterocycles. The van der Waals surface area contributed by atoms with E-state index in [1.165, 1.54) is 7.11 Å². The molecule has 1 aliphatic heterocycles. The Morgan fingerprint density at radius 3 is 2.76 bits per heavy atom. The van der Waals surface area contributed by atoms with Crippen LogP contribution in [0.3, 0.4) is 0 Å². The minimum absolute atomic E-state index is 0.125. The highest BCUT2D eigenvalue weighted by Crippen LogP contribution is 2.18. The van der Waals surface area contributed by atoms with Crippen LogP contribution in [0, 0.1) is 0 Å². The van der Waals surface area contributed by atoms with Gasteiger partial charge in [-0.25, -0.2) is 0 Å². The van der Waals surface area contributed by atoms with Crippen LogP contribution < -0.4 is 5.73 Å². The van der Waals surface area contributed by atoms with Crippen LogP contribution in [-0.4, -0.2) is 56.2 Å². The maximum Gasteiger partial charge on any atom is 0.305 e. The highest BCUT2D eigenvalue weighted by molar-refractivity contribution is 5.86. The number of rotatable bonds is 5. The van der Waals surface area contributed by atoms with Crippen molar-refractivity contribution in [1.29, 1.82) is 0 Å². The standard InChI is InChI=1S/C11H20N2O4/c1-13(6-3-4-9(14)16-2)10(15)11(12)5-7-17-8-11/h3-8,12H2,1-2H3. The number of carbonyl (C=O) groups excluding carboxylic acids is 2. The lowest BCUT2D eigenvalue weighted by Gasteiger charge is -2.27. The molecule has 0 bridgehead atoms. The summed E-state index contributed by atoms with van der Waals surface area (Å²) in [5, 5.41) is 0. The third-order valence-corrected chi connectivity index (χ3v) is 2.93. The number of nitrogens with two attached hydrogens (primary N) is 1. The Morgan fingerprint density at radius 1 is 1.53 bits per heavy atom. The SMILES string of the molecule is COC(=O)CCCN(C)C(=O)C1(N)CCOC1. The zero-order chi connectivity index (χ0) is 12.9. The van der Waals surface area contributed by atoms with Crippen LogP contribution in [0.5, 0.6) is 0 Å². The van der Waals surface area contributed by atoms with Gasteiger partial charge < -0.3 is 20.1 Å². The molecule has 98 valence electrons. The van der Waals surface area contributed by atoms with Crippen molar-refractivity contribution in [1.82, 2.24) is 4.90 Å². The van der Waals surface area contributed by atoms with Gasteiger partial charge in [0.05, 0.1) is 13.7 Å². The van der Waals surface area contributed by atoms with E-state index < -0.39 is 5.54 Å². The first-order valence-corrected chi connectivity index (χ1v) is 5.68. The number of ether oxygens (including phenoxy) is 2. The summed E-state index contributed by atoms with van der Waals surface area (Å²) in [5.74, 6) is -0.391. The molecule has 1 fully saturated rings. The molecule has 0 aromatic rings. The summed E-state index contributed by atoms with van der Waals surface area (Å²) in [7, 11) is 3.04. The van der Waals surface area contributed by atoms with Gasteiger partial charge in [0.1, 0.15) is 5.54 Å². The maximum absolute atomic E-state index is 12.0. The fourth-order valence-electron chi connectivity index (χ4n) is 1.79. The molecule has 6 heteroatoms. The van der Waals surface area contributed by atoms with Crippen LogP contribution in [0.15, 0.2) is 0 Å². The number of carbonyl (C=O) groups is 2. The average Bonchev–Trinajstić information content (AvgIpc) is 2.76. The molecule has 0 spiro atoms. The molecular weight excluding hydrogens is 224 g/mol. The Kier molecular flexibility index (Phi) is 4.89. The van der Waals surface area contributed by atoms with E-state index in [0.717, 1.165) is 0 Å². The van der Waals surface area contributed by atoms with E-state index >= 15 is 0 Å². The molecular formula is C11H20N2O4. The van der Waals surface area contributed by atoms with Gasteiger partial charge in [-0.15, -0.1) is 0 Å². The fraction of sp³-hybridized carbons (Fsp3) is 0.818. The second kappa shape index (κ2) is 5.97. The van der Waals surface area contributed by atoms with E-state index in [0.29, 0.717) is 32.4 Å². The summed E-state index contributed by atoms with van der Waals surface area (Å²) in [5.41, 5.74) is 5.06. The van der Waals surface area contributed by atoms with Crippen molar-refractivity contribution in [2.24, 2.45) is 5.73 Å². The summed E-state index contributed by atoms with van der Waals surface area (Å²) >= 11 is 0. The van der Waals surface area contributed by atoms with E-state index in [2.05, 4.69) is 4.74 Å². The van der Waals surface area contributed by atoms with Gasteiger partial charge in [-0.3, -0.25) is 9.59 Å². The van der Waals surface area contributed by atoms with Crippen LogP contribution in [0.4, 0.5) is 0 Å². The fourth-order valence-corrected chi connectivity index (χ4v) is 1.79. The molecule has 0 saturated carbocycles. The Labute approximate surface area is 101 Å². The van der Waals surface area contributed by atoms with Crippen molar-refractivity contribution in [2.45, 2.75) is 24.8 Å². The van der Waals surface area contributed by atoms with Gasteiger partial charge in [0, 0.05) is 26.6 Å². The highest BCUT2D eigenvalue weighted by Gasteiger charge is 2.39. The summed E-state index contributed by atoms with van der Waals surface area (Å²) in [6.45, 7) is 1.29. The van der Waals surface area contributed by atoms with Gasteiger partial charge >= 0.3 is 5.97 Å². The molecule has 1 aliphatic rings. The molecule has 1 unspecified atom stereocenters. The van der Waals surface area contributed by atoms with E-state index in [-0.39, 0.29) is 18.5 Å². The number of esters is 1. The molecule has 0 aromatic carbocycles. The van der Waals surface area contributed by atoms with Crippen molar-refractivity contribution >= 4 is 11.9 Å². The van der Waals surface area contributed by atoms with Gasteiger partial charge in [0.25, 0.3) is 0 Å². The van der Waals surface area contributed by atoms with E-state index in [1.807, 2.05) is 0 Å². The lowest BCUT2D eigenvalue weighted by atomic mass is 9.98. The number of hydrogen-bond acceptors (Lipinski definition) is 5. The largest absolute Gasteiger partial charge is 0.469 e. The van der Waals surface area contributed by atoms with Crippen molar-refractivity contribution in [3.05, 3.63) is 0 Å². The predicted molar refractivity (Wildman–Crippen MR) is 61.2 cm³/mol. The zero-order valence-electron chi connectivity index (χ0n) is 10.4. The molecule has 1 rings (SSSR count). The van der Waals surface area contributed by atoms with Crippen molar-refractivity contribution in [3.8, 4) is 0 Å². The zero-order valence-corrected chi connectivity index (χ0v) is 10.4. The monoisotopic (exact) mass is 244 g/mol. The molecule has 6 nitrogen and oxygen atoms in total. The first-order chi connectivity index (χ1) is 7.99. The first-order valence-electron chi connectivity index (χ1n) is 5.68. The average molecular weight is 244 g/mol. The Hall–Kier alpha value is -1.14. The molecule has 2 N–H and O–H groups in total. The van der Waals surface area contributed by atoms with Crippen molar-refractivity contribution < 1.29 is 19.1 Å². The molecule has 0 aliphatic carbocycles. The molecule has 0 radical (unpaired) electrons. The number of likely N-dealkylation sites (N-methyl/N-ethyl adjacent to an activating group) is 1. The summed E-state index contributed by atoms with van der Waals surface area (Å²) in [6, 6.07) is 0. The normalized spacial score (nSPS) is 23.5. The van der Waals surface area contributed by atoms with Crippen LogP contribution in [-0.2, 0) is 19.1 Å². The van der Waals surface area contributed by atoms with E-state index in [4.69, 9.17) is 10.5 Å². The number of nitrogens with zero attached hydrogens (tertiary/aromatic N) is 1. The molecule has 17 heavy (non-hydrogen) atoms. The van der Waals surface area contributed by atoms with Crippen LogP contribution in [0.1, 0.15) is 19.3 Å². The lowest BCUT2D eigenvalue weighted by molar-refractivity contribution is -0.141. The van der Waals surface area contributed by atoms with Crippen LogP contribution >= 0.6 is 0 Å². The van der Waals surface area contributed by atoms with Crippen molar-refractivity contribution in [3.63, 3.8) is 0 Å². The highest BCUT2D eigenvalue weighted by atomic mass is 16.5. The first kappa shape index (κ1) is 13.9. The smallest absolute Gasteiger partial charge is 0.305 e. The Balaban J connectivity index is 2.34. The predicted octanol–water partition coefficient (Wildman–Crippen LogP) is -0.484. The summed E-state index contributed by atoms with van der Waals surface area (Å²) in [4.78, 5) is 24.5. The number of hydrogen-bond donors (Lipinski definition) is 1. The summed E-state index contributed by atoms with van der Waals surface area (Å²) in [6.07, 6.45) is 1.43. The van der Waals surface area contributed by atoms with Gasteiger partial charge in [-0.2, -0.15) is 0 Å². The Bertz CT molecular complexity index is 287. The van der Waals surface area contributed by atoms with Gasteiger partial charge in [0.15, 0.2) is 0 Å². The lowest BCUT2D eigenvalue weighted by Crippen LogP contribution is -2.55. The number of methoxy groups -OCH3 is 1. The van der Waals surface area contributed by atoms with Gasteiger partial charge in [-0.05, 0) is 12.8 Å². The Morgan fingerprint density at radius 2 is 2.24 bits per heavy atom. The topological polar surface area (TPSA) is 81.9 Å². The maximum atomic E-state index is 12.0. The molecule has 0 aromatic heterocycles. The van der Waals surface area contributed by atoms with Crippen LogP contribution in [0.2, 0.25) is 0 Å². The third kappa shape index (κ3) is 3.67. The number of amides is 1. The molecule has 1 atom stereocenters.